The van der Waals surface area contributed by atoms with Gasteiger partial charge in [-0.05, 0) is 23.3 Å². The van der Waals surface area contributed by atoms with Crippen molar-refractivity contribution in [3.05, 3.63) is 70.2 Å². The van der Waals surface area contributed by atoms with Crippen molar-refractivity contribution in [2.75, 3.05) is 0 Å². The molecule has 0 aromatic heterocycles. The van der Waals surface area contributed by atoms with E-state index in [1.165, 1.54) is 24.3 Å². The number of rotatable bonds is 2. The van der Waals surface area contributed by atoms with Crippen LogP contribution in [0.25, 0.3) is 0 Å². The van der Waals surface area contributed by atoms with Crippen molar-refractivity contribution in [2.45, 2.75) is 11.7 Å². The van der Waals surface area contributed by atoms with Gasteiger partial charge < -0.3 is 5.73 Å². The summed E-state index contributed by atoms with van der Waals surface area (Å²) in [6.45, 7) is 0. The molecule has 0 aliphatic heterocycles. The molecule has 0 spiro atoms. The van der Waals surface area contributed by atoms with Crippen molar-refractivity contribution < 1.29 is 13.2 Å². The quantitative estimate of drug-likeness (QED) is 0.877. The van der Waals surface area contributed by atoms with Crippen LogP contribution in [0.4, 0.5) is 13.2 Å². The lowest BCUT2D eigenvalue weighted by Crippen LogP contribution is -2.51. The molecular weight excluding hydrogens is 319 g/mol. The van der Waals surface area contributed by atoms with E-state index in [1.54, 1.807) is 30.3 Å². The van der Waals surface area contributed by atoms with E-state index >= 15 is 0 Å². The van der Waals surface area contributed by atoms with E-state index in [1.807, 2.05) is 0 Å². The monoisotopic (exact) mass is 329 g/mol. The predicted octanol–water partition coefficient (Wildman–Crippen LogP) is 4.21. The van der Waals surface area contributed by atoms with Crippen LogP contribution in [0, 0.1) is 0 Å². The third-order valence-electron chi connectivity index (χ3n) is 2.98. The highest BCUT2D eigenvalue weighted by molar-refractivity contribution is 9.10. The largest absolute Gasteiger partial charge is 0.414 e. The van der Waals surface area contributed by atoms with Crippen molar-refractivity contribution in [3.63, 3.8) is 0 Å². The molecule has 0 unspecified atom stereocenters. The zero-order valence-corrected chi connectivity index (χ0v) is 11.4. The minimum absolute atomic E-state index is 0.00870. The summed E-state index contributed by atoms with van der Waals surface area (Å²) in [6.07, 6.45) is -4.58. The maximum Gasteiger partial charge on any atom is 0.414 e. The molecule has 0 aliphatic carbocycles. The van der Waals surface area contributed by atoms with Gasteiger partial charge >= 0.3 is 6.18 Å². The molecule has 0 saturated carbocycles. The number of alkyl halides is 3. The smallest absolute Gasteiger partial charge is 0.310 e. The SMILES string of the molecule is N[C@@](c1ccccc1)(c1ccc(Br)cc1)C(F)(F)F. The molecule has 100 valence electrons. The second-order valence-electron chi connectivity index (χ2n) is 4.18. The zero-order valence-electron chi connectivity index (χ0n) is 9.79. The fraction of sp³-hybridized carbons (Fsp3) is 0.143. The Labute approximate surface area is 117 Å². The Morgan fingerprint density at radius 1 is 0.789 bits per heavy atom. The average Bonchev–Trinajstić information content (AvgIpc) is 2.38. The lowest BCUT2D eigenvalue weighted by Gasteiger charge is -2.32. The van der Waals surface area contributed by atoms with Crippen LogP contribution in [0.2, 0.25) is 0 Å². The van der Waals surface area contributed by atoms with Crippen LogP contribution in [0.1, 0.15) is 11.1 Å². The highest BCUT2D eigenvalue weighted by Crippen LogP contribution is 2.42. The van der Waals surface area contributed by atoms with E-state index < -0.39 is 11.7 Å². The summed E-state index contributed by atoms with van der Waals surface area (Å²) >= 11 is 3.20. The van der Waals surface area contributed by atoms with Crippen LogP contribution in [-0.2, 0) is 5.54 Å². The van der Waals surface area contributed by atoms with Gasteiger partial charge in [0.15, 0.2) is 5.54 Å². The first-order valence-electron chi connectivity index (χ1n) is 5.53. The molecule has 0 bridgehead atoms. The van der Waals surface area contributed by atoms with Crippen LogP contribution in [0.5, 0.6) is 0 Å². The van der Waals surface area contributed by atoms with Gasteiger partial charge in [0.2, 0.25) is 0 Å². The Balaban J connectivity index is 2.63. The minimum atomic E-state index is -4.58. The fourth-order valence-electron chi connectivity index (χ4n) is 1.91. The number of benzene rings is 2. The van der Waals surface area contributed by atoms with Crippen LogP contribution in [0.15, 0.2) is 59.1 Å². The molecule has 19 heavy (non-hydrogen) atoms. The Morgan fingerprint density at radius 2 is 1.26 bits per heavy atom. The molecule has 0 fully saturated rings. The molecule has 5 heteroatoms. The maximum atomic E-state index is 13.4. The minimum Gasteiger partial charge on any atom is -0.310 e. The molecule has 2 aromatic rings. The third kappa shape index (κ3) is 2.53. The van der Waals surface area contributed by atoms with Gasteiger partial charge in [-0.25, -0.2) is 0 Å². The van der Waals surface area contributed by atoms with Crippen LogP contribution in [0.3, 0.4) is 0 Å². The number of hydrogen-bond acceptors (Lipinski definition) is 1. The molecule has 1 atom stereocenters. The van der Waals surface area contributed by atoms with Crippen molar-refractivity contribution in [3.8, 4) is 0 Å². The summed E-state index contributed by atoms with van der Waals surface area (Å²) in [4.78, 5) is 0. The zero-order chi connectivity index (χ0) is 14.1. The summed E-state index contributed by atoms with van der Waals surface area (Å²) in [5, 5.41) is 0. The standard InChI is InChI=1S/C14H11BrF3N/c15-12-8-6-11(7-9-12)13(19,14(16,17)18)10-4-2-1-3-5-10/h1-9H,19H2/t13-/m0/s1. The van der Waals surface area contributed by atoms with Gasteiger partial charge in [-0.1, -0.05) is 58.4 Å². The first kappa shape index (κ1) is 14.1. The normalized spacial score (nSPS) is 15.0. The topological polar surface area (TPSA) is 26.0 Å². The summed E-state index contributed by atoms with van der Waals surface area (Å²) in [7, 11) is 0. The molecule has 0 heterocycles. The van der Waals surface area contributed by atoms with E-state index in [0.29, 0.717) is 4.47 Å². The number of halogens is 4. The Morgan fingerprint density at radius 3 is 1.74 bits per heavy atom. The van der Waals surface area contributed by atoms with Gasteiger partial charge in [-0.2, -0.15) is 13.2 Å². The van der Waals surface area contributed by atoms with E-state index in [0.717, 1.165) is 0 Å². The van der Waals surface area contributed by atoms with Crippen molar-refractivity contribution in [2.24, 2.45) is 5.73 Å². The Hall–Kier alpha value is -1.33. The van der Waals surface area contributed by atoms with Crippen LogP contribution < -0.4 is 5.73 Å². The lowest BCUT2D eigenvalue weighted by atomic mass is 9.83. The summed E-state index contributed by atoms with van der Waals surface area (Å²) in [6, 6.07) is 13.4. The molecule has 0 aliphatic rings. The number of hydrogen-bond donors (Lipinski definition) is 1. The van der Waals surface area contributed by atoms with Crippen molar-refractivity contribution >= 4 is 15.9 Å². The van der Waals surface area contributed by atoms with Gasteiger partial charge in [0, 0.05) is 4.47 Å². The molecule has 2 aromatic carbocycles. The highest BCUT2D eigenvalue weighted by atomic mass is 79.9. The summed E-state index contributed by atoms with van der Waals surface area (Å²) in [5.41, 5.74) is 3.25. The average molecular weight is 330 g/mol. The highest BCUT2D eigenvalue weighted by Gasteiger charge is 2.54. The van der Waals surface area contributed by atoms with Crippen LogP contribution >= 0.6 is 15.9 Å². The van der Waals surface area contributed by atoms with Gasteiger partial charge in [0.05, 0.1) is 0 Å². The fourth-order valence-corrected chi connectivity index (χ4v) is 2.17. The second kappa shape index (κ2) is 4.98. The summed E-state index contributed by atoms with van der Waals surface area (Å²) < 4.78 is 41.0. The van der Waals surface area contributed by atoms with Gasteiger partial charge in [0.1, 0.15) is 0 Å². The molecule has 0 saturated heterocycles. The molecule has 0 radical (unpaired) electrons. The van der Waals surface area contributed by atoms with Crippen molar-refractivity contribution in [1.29, 1.82) is 0 Å². The molecule has 2 rings (SSSR count). The molecule has 0 amide bonds. The van der Waals surface area contributed by atoms with Gasteiger partial charge in [-0.15, -0.1) is 0 Å². The lowest BCUT2D eigenvalue weighted by molar-refractivity contribution is -0.176. The van der Waals surface area contributed by atoms with Crippen LogP contribution in [-0.4, -0.2) is 6.18 Å². The molecular formula is C14H11BrF3N. The first-order chi connectivity index (χ1) is 8.85. The second-order valence-corrected chi connectivity index (χ2v) is 5.09. The molecule has 1 nitrogen and oxygen atoms in total. The van der Waals surface area contributed by atoms with E-state index in [2.05, 4.69) is 15.9 Å². The molecule has 2 N–H and O–H groups in total. The first-order valence-corrected chi connectivity index (χ1v) is 6.32. The van der Waals surface area contributed by atoms with E-state index in [4.69, 9.17) is 5.73 Å². The van der Waals surface area contributed by atoms with E-state index in [-0.39, 0.29) is 11.1 Å². The summed E-state index contributed by atoms with van der Waals surface area (Å²) in [5.74, 6) is 0. The van der Waals surface area contributed by atoms with Gasteiger partial charge in [-0.3, -0.25) is 0 Å². The Bertz CT molecular complexity index is 551. The van der Waals surface area contributed by atoms with E-state index in [9.17, 15) is 13.2 Å². The Kier molecular flexibility index (Phi) is 3.69. The predicted molar refractivity (Wildman–Crippen MR) is 71.6 cm³/mol. The maximum absolute atomic E-state index is 13.4. The number of nitrogens with two attached hydrogens (primary N) is 1. The van der Waals surface area contributed by atoms with Crippen molar-refractivity contribution in [1.82, 2.24) is 0 Å². The third-order valence-corrected chi connectivity index (χ3v) is 3.50. The van der Waals surface area contributed by atoms with Gasteiger partial charge in [0.25, 0.3) is 0 Å².